The van der Waals surface area contributed by atoms with Crippen molar-refractivity contribution in [2.75, 3.05) is 12.5 Å². The molecule has 0 aliphatic heterocycles. The van der Waals surface area contributed by atoms with Crippen LogP contribution in [-0.4, -0.2) is 71.4 Å². The van der Waals surface area contributed by atoms with Crippen LogP contribution in [0.1, 0.15) is 77.3 Å². The number of hydrogen-bond acceptors (Lipinski definition) is 12. The van der Waals surface area contributed by atoms with Gasteiger partial charge in [0.05, 0.1) is 11.4 Å². The molecule has 0 bridgehead atoms. The SMILES string of the molecule is C/C=C(/C)c1cc(CC[C@](C)(C(=O)NO)S(C)(=O)=O)no1.C/C=C(\C)c1cc(CC[C@](C)(C(=O)NO)S(C)(=O)=O)no1. The smallest absolute Gasteiger partial charge is 0.264 e. The molecule has 2 aromatic rings. The Morgan fingerprint density at radius 2 is 1.10 bits per heavy atom. The fraction of sp³-hybridized carbons (Fsp3) is 0.538. The molecule has 42 heavy (non-hydrogen) atoms. The summed E-state index contributed by atoms with van der Waals surface area (Å²) in [7, 11) is -7.40. The highest BCUT2D eigenvalue weighted by atomic mass is 32.2. The van der Waals surface area contributed by atoms with Crippen molar-refractivity contribution in [2.45, 2.75) is 76.7 Å². The Labute approximate surface area is 246 Å². The summed E-state index contributed by atoms with van der Waals surface area (Å²) in [6, 6.07) is 3.41. The molecule has 4 N–H and O–H groups in total. The van der Waals surface area contributed by atoms with E-state index < -0.39 is 41.0 Å². The molecule has 2 atom stereocenters. The third-order valence-corrected chi connectivity index (χ3v) is 11.3. The Kier molecular flexibility index (Phi) is 12.8. The van der Waals surface area contributed by atoms with Gasteiger partial charge in [-0.25, -0.2) is 27.8 Å². The van der Waals surface area contributed by atoms with Crippen molar-refractivity contribution >= 4 is 42.6 Å². The van der Waals surface area contributed by atoms with E-state index in [1.54, 1.807) is 12.1 Å². The summed E-state index contributed by atoms with van der Waals surface area (Å²) in [6.45, 7) is 10.0. The molecular weight excluding hydrogens is 592 g/mol. The largest absolute Gasteiger partial charge is 0.356 e. The molecule has 0 radical (unpaired) electrons. The Hall–Kier alpha value is -3.34. The van der Waals surface area contributed by atoms with Gasteiger partial charge in [0.15, 0.2) is 31.2 Å². The maximum Gasteiger partial charge on any atom is 0.264 e. The summed E-state index contributed by atoms with van der Waals surface area (Å²) in [5.41, 5.74) is 5.74. The summed E-state index contributed by atoms with van der Waals surface area (Å²) in [5, 5.41) is 25.2. The lowest BCUT2D eigenvalue weighted by Gasteiger charge is -2.24. The number of carbonyl (C=O) groups is 2. The summed E-state index contributed by atoms with van der Waals surface area (Å²) in [5.74, 6) is -0.725. The van der Waals surface area contributed by atoms with Crippen LogP contribution in [0.5, 0.6) is 0 Å². The van der Waals surface area contributed by atoms with Crippen LogP contribution < -0.4 is 11.0 Å². The van der Waals surface area contributed by atoms with Crippen LogP contribution >= 0.6 is 0 Å². The van der Waals surface area contributed by atoms with Gasteiger partial charge in [-0.05, 0) is 78.4 Å². The Balaban J connectivity index is 0.000000420. The first-order chi connectivity index (χ1) is 19.3. The van der Waals surface area contributed by atoms with Gasteiger partial charge in [-0.1, -0.05) is 22.5 Å². The van der Waals surface area contributed by atoms with Crippen molar-refractivity contribution < 1.29 is 45.9 Å². The monoisotopic (exact) mass is 632 g/mol. The van der Waals surface area contributed by atoms with E-state index in [2.05, 4.69) is 10.3 Å². The molecule has 0 aliphatic carbocycles. The molecule has 236 valence electrons. The maximum atomic E-state index is 11.8. The van der Waals surface area contributed by atoms with E-state index in [0.717, 1.165) is 23.7 Å². The summed E-state index contributed by atoms with van der Waals surface area (Å²) >= 11 is 0. The second-order valence-corrected chi connectivity index (χ2v) is 15.1. The number of hydroxylamine groups is 2. The molecule has 0 unspecified atom stereocenters. The van der Waals surface area contributed by atoms with Gasteiger partial charge in [-0.15, -0.1) is 0 Å². The van der Waals surface area contributed by atoms with Gasteiger partial charge in [-0.3, -0.25) is 20.0 Å². The number of aryl methyl sites for hydroxylation is 2. The van der Waals surface area contributed by atoms with Gasteiger partial charge < -0.3 is 9.05 Å². The van der Waals surface area contributed by atoms with Crippen LogP contribution in [0.15, 0.2) is 33.3 Å². The van der Waals surface area contributed by atoms with E-state index in [1.807, 2.05) is 39.8 Å². The molecule has 0 saturated heterocycles. The van der Waals surface area contributed by atoms with E-state index in [4.69, 9.17) is 19.5 Å². The summed E-state index contributed by atoms with van der Waals surface area (Å²) < 4.78 is 54.1. The molecule has 0 spiro atoms. The molecule has 0 aliphatic rings. The van der Waals surface area contributed by atoms with Gasteiger partial charge in [0.1, 0.15) is 9.49 Å². The number of allylic oxidation sites excluding steroid dienone is 4. The second-order valence-electron chi connectivity index (χ2n) is 10.2. The van der Waals surface area contributed by atoms with Crippen molar-refractivity contribution in [3.63, 3.8) is 0 Å². The van der Waals surface area contributed by atoms with E-state index in [9.17, 15) is 26.4 Å². The first kappa shape index (κ1) is 36.7. The lowest BCUT2D eigenvalue weighted by molar-refractivity contribution is -0.132. The normalized spacial score (nSPS) is 15.6. The fourth-order valence-electron chi connectivity index (χ4n) is 3.42. The number of amides is 2. The number of nitrogens with one attached hydrogen (secondary N) is 2. The number of carbonyl (C=O) groups excluding carboxylic acids is 2. The third-order valence-electron chi connectivity index (χ3n) is 7.28. The number of rotatable bonds is 12. The minimum absolute atomic E-state index is 0.0148. The lowest BCUT2D eigenvalue weighted by atomic mass is 10.0. The predicted octanol–water partition coefficient (Wildman–Crippen LogP) is 2.68. The fourth-order valence-corrected chi connectivity index (χ4v) is 5.13. The summed E-state index contributed by atoms with van der Waals surface area (Å²) in [6.07, 6.45) is 6.09. The maximum absolute atomic E-state index is 11.8. The van der Waals surface area contributed by atoms with Gasteiger partial charge in [0, 0.05) is 24.6 Å². The lowest BCUT2D eigenvalue weighted by Crippen LogP contribution is -2.49. The van der Waals surface area contributed by atoms with Gasteiger partial charge >= 0.3 is 0 Å². The van der Waals surface area contributed by atoms with E-state index in [1.165, 1.54) is 24.8 Å². The number of sulfone groups is 2. The topological polar surface area (TPSA) is 219 Å². The van der Waals surface area contributed by atoms with Crippen LogP contribution in [0.3, 0.4) is 0 Å². The van der Waals surface area contributed by atoms with Crippen molar-refractivity contribution in [1.29, 1.82) is 0 Å². The van der Waals surface area contributed by atoms with Crippen LogP contribution in [0.2, 0.25) is 0 Å². The average Bonchev–Trinajstić information content (AvgIpc) is 3.62. The minimum Gasteiger partial charge on any atom is -0.356 e. The number of hydrogen-bond donors (Lipinski definition) is 4. The van der Waals surface area contributed by atoms with E-state index in [-0.39, 0.29) is 25.7 Å². The molecule has 2 heterocycles. The van der Waals surface area contributed by atoms with Gasteiger partial charge in [0.2, 0.25) is 0 Å². The molecular formula is C26H40N4O10S2. The molecule has 0 aromatic carbocycles. The molecule has 0 fully saturated rings. The van der Waals surface area contributed by atoms with E-state index >= 15 is 0 Å². The number of nitrogens with zero attached hydrogens (tertiary/aromatic N) is 2. The van der Waals surface area contributed by atoms with Crippen LogP contribution in [0.25, 0.3) is 11.1 Å². The third kappa shape index (κ3) is 8.83. The second kappa shape index (κ2) is 14.7. The molecule has 14 nitrogen and oxygen atoms in total. The van der Waals surface area contributed by atoms with Gasteiger partial charge in [-0.2, -0.15) is 0 Å². The average molecular weight is 633 g/mol. The summed E-state index contributed by atoms with van der Waals surface area (Å²) in [4.78, 5) is 23.3. The van der Waals surface area contributed by atoms with Crippen molar-refractivity contribution in [3.8, 4) is 0 Å². The van der Waals surface area contributed by atoms with Crippen molar-refractivity contribution in [1.82, 2.24) is 21.3 Å². The van der Waals surface area contributed by atoms with Gasteiger partial charge in [0.25, 0.3) is 11.8 Å². The van der Waals surface area contributed by atoms with Crippen molar-refractivity contribution in [3.05, 3.63) is 47.2 Å². The molecule has 16 heteroatoms. The zero-order valence-electron chi connectivity index (χ0n) is 25.0. The highest BCUT2D eigenvalue weighted by Gasteiger charge is 2.44. The first-order valence-electron chi connectivity index (χ1n) is 12.8. The quantitative estimate of drug-likeness (QED) is 0.196. The highest BCUT2D eigenvalue weighted by Crippen LogP contribution is 2.26. The zero-order chi connectivity index (χ0) is 32.5. The van der Waals surface area contributed by atoms with Crippen molar-refractivity contribution in [2.24, 2.45) is 0 Å². The Morgan fingerprint density at radius 1 is 0.786 bits per heavy atom. The molecule has 2 amide bonds. The van der Waals surface area contributed by atoms with Crippen LogP contribution in [-0.2, 0) is 42.1 Å². The standard InChI is InChI=1S/2C13H20N2O5S/c2*1-5-9(2)11-8-10(15-20-11)6-7-13(3,12(16)14-17)21(4,18)19/h2*5,8,17H,6-7H2,1-4H3,(H,14,16)/b9-5+;9-5-/t2*13-/m11/s1. The van der Waals surface area contributed by atoms with Crippen LogP contribution in [0, 0.1) is 0 Å². The number of aromatic nitrogens is 2. The van der Waals surface area contributed by atoms with Crippen LogP contribution in [0.4, 0.5) is 0 Å². The van der Waals surface area contributed by atoms with E-state index in [0.29, 0.717) is 22.9 Å². The predicted molar refractivity (Wildman–Crippen MR) is 155 cm³/mol. The zero-order valence-corrected chi connectivity index (χ0v) is 26.6. The molecule has 2 aromatic heterocycles. The Bertz CT molecular complexity index is 1410. The molecule has 0 saturated carbocycles. The molecule has 2 rings (SSSR count). The Morgan fingerprint density at radius 3 is 1.33 bits per heavy atom. The first-order valence-corrected chi connectivity index (χ1v) is 16.6. The highest BCUT2D eigenvalue weighted by molar-refractivity contribution is 7.93. The minimum atomic E-state index is -3.70.